The summed E-state index contributed by atoms with van der Waals surface area (Å²) in [4.78, 5) is 26.7. The third kappa shape index (κ3) is 5.26. The molecule has 0 spiro atoms. The fraction of sp³-hybridized carbons (Fsp3) is 0.524. The number of ether oxygens (including phenoxy) is 4. The van der Waals surface area contributed by atoms with Crippen molar-refractivity contribution in [3.05, 3.63) is 44.9 Å². The summed E-state index contributed by atoms with van der Waals surface area (Å²) in [5, 5.41) is 5.07. The molecule has 0 amide bonds. The molecule has 1 N–H and O–H groups in total. The van der Waals surface area contributed by atoms with E-state index in [1.54, 1.807) is 20.8 Å². The van der Waals surface area contributed by atoms with E-state index in [-0.39, 0.29) is 13.2 Å². The second-order valence-electron chi connectivity index (χ2n) is 6.12. The van der Waals surface area contributed by atoms with E-state index in [0.29, 0.717) is 35.8 Å². The van der Waals surface area contributed by atoms with Crippen LogP contribution in [0.2, 0.25) is 0 Å². The summed E-state index contributed by atoms with van der Waals surface area (Å²) >= 11 is 1.46. The van der Waals surface area contributed by atoms with Crippen LogP contribution < -0.4 is 5.32 Å². The molecule has 0 aromatic carbocycles. The van der Waals surface area contributed by atoms with E-state index < -0.39 is 24.1 Å². The van der Waals surface area contributed by atoms with E-state index in [2.05, 4.69) is 5.32 Å². The summed E-state index contributed by atoms with van der Waals surface area (Å²) in [5.74, 6) is -1.62. The Morgan fingerprint density at radius 3 is 2.07 bits per heavy atom. The van der Waals surface area contributed by atoms with Gasteiger partial charge >= 0.3 is 11.9 Å². The minimum absolute atomic E-state index is 0.206. The van der Waals surface area contributed by atoms with Gasteiger partial charge in [-0.15, -0.1) is 11.3 Å². The first-order valence-corrected chi connectivity index (χ1v) is 10.7. The van der Waals surface area contributed by atoms with Crippen molar-refractivity contribution in [2.45, 2.75) is 46.8 Å². The minimum Gasteiger partial charge on any atom is -0.463 e. The SMILES string of the molecule is CCOC(=O)C1=C(C)NC(C(OCC)OCC)=C(C(=O)OCC)C1c1cccs1. The van der Waals surface area contributed by atoms with Crippen molar-refractivity contribution in [3.63, 3.8) is 0 Å². The molecule has 0 fully saturated rings. The molecule has 1 aromatic rings. The number of carbonyl (C=O) groups excluding carboxylic acids is 2. The monoisotopic (exact) mass is 423 g/mol. The number of carbonyl (C=O) groups is 2. The minimum atomic E-state index is -0.787. The summed E-state index contributed by atoms with van der Waals surface area (Å²) in [7, 11) is 0. The van der Waals surface area contributed by atoms with Crippen LogP contribution in [0.5, 0.6) is 0 Å². The molecule has 160 valence electrons. The van der Waals surface area contributed by atoms with Gasteiger partial charge in [0, 0.05) is 23.8 Å². The van der Waals surface area contributed by atoms with Gasteiger partial charge in [0.1, 0.15) is 0 Å². The lowest BCUT2D eigenvalue weighted by Crippen LogP contribution is -2.39. The molecular formula is C21H29NO6S. The van der Waals surface area contributed by atoms with Gasteiger partial charge in [0.15, 0.2) is 6.29 Å². The van der Waals surface area contributed by atoms with Crippen LogP contribution in [0.25, 0.3) is 0 Å². The maximum Gasteiger partial charge on any atom is 0.336 e. The lowest BCUT2D eigenvalue weighted by Gasteiger charge is -2.33. The highest BCUT2D eigenvalue weighted by Gasteiger charge is 2.41. The largest absolute Gasteiger partial charge is 0.463 e. The van der Waals surface area contributed by atoms with Gasteiger partial charge in [0.25, 0.3) is 0 Å². The number of dihydropyridines is 1. The Morgan fingerprint density at radius 1 is 1.00 bits per heavy atom. The second kappa shape index (κ2) is 11.1. The molecule has 1 unspecified atom stereocenters. The molecule has 1 atom stereocenters. The highest BCUT2D eigenvalue weighted by Crippen LogP contribution is 2.42. The molecule has 1 aliphatic rings. The predicted octanol–water partition coefficient (Wildman–Crippen LogP) is 3.49. The fourth-order valence-corrected chi connectivity index (χ4v) is 4.06. The maximum atomic E-state index is 13.1. The average Bonchev–Trinajstić information content (AvgIpc) is 3.21. The Balaban J connectivity index is 2.70. The van der Waals surface area contributed by atoms with Gasteiger partial charge < -0.3 is 24.3 Å². The molecule has 0 bridgehead atoms. The molecule has 0 saturated heterocycles. The van der Waals surface area contributed by atoms with E-state index in [1.165, 1.54) is 11.3 Å². The van der Waals surface area contributed by atoms with Gasteiger partial charge in [-0.05, 0) is 46.1 Å². The Hall–Kier alpha value is -2.16. The zero-order chi connectivity index (χ0) is 21.4. The van der Waals surface area contributed by atoms with Crippen LogP contribution in [0.4, 0.5) is 0 Å². The van der Waals surface area contributed by atoms with Gasteiger partial charge in [-0.1, -0.05) is 6.07 Å². The topological polar surface area (TPSA) is 83.1 Å². The fourth-order valence-electron chi connectivity index (χ4n) is 3.21. The molecule has 29 heavy (non-hydrogen) atoms. The number of hydrogen-bond donors (Lipinski definition) is 1. The molecule has 0 aliphatic carbocycles. The van der Waals surface area contributed by atoms with Gasteiger partial charge in [0.2, 0.25) is 0 Å². The summed E-state index contributed by atoms with van der Waals surface area (Å²) < 4.78 is 22.1. The molecule has 0 saturated carbocycles. The Morgan fingerprint density at radius 2 is 1.59 bits per heavy atom. The van der Waals surface area contributed by atoms with Crippen LogP contribution >= 0.6 is 11.3 Å². The number of hydrogen-bond acceptors (Lipinski definition) is 8. The van der Waals surface area contributed by atoms with Crippen molar-refractivity contribution in [1.29, 1.82) is 0 Å². The molecule has 1 aliphatic heterocycles. The van der Waals surface area contributed by atoms with Crippen LogP contribution in [0.3, 0.4) is 0 Å². The van der Waals surface area contributed by atoms with Crippen molar-refractivity contribution in [2.75, 3.05) is 26.4 Å². The molecule has 8 heteroatoms. The third-order valence-corrected chi connectivity index (χ3v) is 5.22. The van der Waals surface area contributed by atoms with Gasteiger partial charge in [0.05, 0.1) is 36.0 Å². The zero-order valence-electron chi connectivity index (χ0n) is 17.6. The van der Waals surface area contributed by atoms with Crippen LogP contribution in [0.1, 0.15) is 45.4 Å². The van der Waals surface area contributed by atoms with Crippen molar-refractivity contribution in [3.8, 4) is 0 Å². The molecule has 7 nitrogen and oxygen atoms in total. The number of esters is 2. The van der Waals surface area contributed by atoms with Crippen molar-refractivity contribution in [2.24, 2.45) is 0 Å². The summed E-state index contributed by atoms with van der Waals surface area (Å²) in [5.41, 5.74) is 1.73. The van der Waals surface area contributed by atoms with E-state index in [4.69, 9.17) is 18.9 Å². The van der Waals surface area contributed by atoms with Crippen molar-refractivity contribution < 1.29 is 28.5 Å². The van der Waals surface area contributed by atoms with Crippen molar-refractivity contribution >= 4 is 23.3 Å². The second-order valence-corrected chi connectivity index (χ2v) is 7.10. The average molecular weight is 424 g/mol. The summed E-state index contributed by atoms with van der Waals surface area (Å²) in [6.45, 7) is 10.2. The normalized spacial score (nSPS) is 16.8. The van der Waals surface area contributed by atoms with E-state index in [9.17, 15) is 9.59 Å². The molecule has 1 aromatic heterocycles. The van der Waals surface area contributed by atoms with Crippen LogP contribution in [-0.4, -0.2) is 44.7 Å². The van der Waals surface area contributed by atoms with E-state index in [1.807, 2.05) is 31.4 Å². The quantitative estimate of drug-likeness (QED) is 0.456. The number of nitrogens with one attached hydrogen (secondary N) is 1. The Kier molecular flexibility index (Phi) is 8.88. The maximum absolute atomic E-state index is 13.1. The Bertz CT molecular complexity index is 762. The summed E-state index contributed by atoms with van der Waals surface area (Å²) in [6.07, 6.45) is -0.787. The first kappa shape index (κ1) is 23.1. The van der Waals surface area contributed by atoms with Crippen LogP contribution in [0.15, 0.2) is 40.1 Å². The predicted molar refractivity (Wildman–Crippen MR) is 110 cm³/mol. The highest BCUT2D eigenvalue weighted by molar-refractivity contribution is 7.10. The molecule has 2 rings (SSSR count). The first-order valence-electron chi connectivity index (χ1n) is 9.82. The molecule has 2 heterocycles. The molecular weight excluding hydrogens is 394 g/mol. The smallest absolute Gasteiger partial charge is 0.336 e. The third-order valence-electron chi connectivity index (χ3n) is 4.28. The van der Waals surface area contributed by atoms with Crippen LogP contribution in [-0.2, 0) is 28.5 Å². The van der Waals surface area contributed by atoms with Gasteiger partial charge in [-0.3, -0.25) is 0 Å². The number of thiophene rings is 1. The Labute approximate surface area is 175 Å². The number of allylic oxidation sites excluding steroid dienone is 1. The lowest BCUT2D eigenvalue weighted by molar-refractivity contribution is -0.141. The standard InChI is InChI=1S/C21H29NO6S/c1-6-25-19(23)15-13(5)22-18(21(27-8-3)28-9-4)17(20(24)26-7-2)16(15)14-11-10-12-29-14/h10-12,16,21-22H,6-9H2,1-5H3. The van der Waals surface area contributed by atoms with E-state index in [0.717, 1.165) is 4.88 Å². The summed E-state index contributed by atoms with van der Waals surface area (Å²) in [6, 6.07) is 3.77. The van der Waals surface area contributed by atoms with Crippen LogP contribution in [0, 0.1) is 0 Å². The molecule has 0 radical (unpaired) electrons. The zero-order valence-corrected chi connectivity index (χ0v) is 18.4. The van der Waals surface area contributed by atoms with Crippen molar-refractivity contribution in [1.82, 2.24) is 5.32 Å². The van der Waals surface area contributed by atoms with Gasteiger partial charge in [-0.2, -0.15) is 0 Å². The highest BCUT2D eigenvalue weighted by atomic mass is 32.1. The van der Waals surface area contributed by atoms with E-state index >= 15 is 0 Å². The first-order chi connectivity index (χ1) is 14.0. The number of rotatable bonds is 10. The van der Waals surface area contributed by atoms with Gasteiger partial charge in [-0.25, -0.2) is 9.59 Å². The lowest BCUT2D eigenvalue weighted by atomic mass is 9.83.